The molecule has 0 aromatic carbocycles. The van der Waals surface area contributed by atoms with E-state index in [9.17, 15) is 19.3 Å². The monoisotopic (exact) mass is 392 g/mol. The van der Waals surface area contributed by atoms with Crippen LogP contribution in [0.3, 0.4) is 0 Å². The van der Waals surface area contributed by atoms with Gasteiger partial charge in [-0.1, -0.05) is 0 Å². The first-order chi connectivity index (χ1) is 12.0. The normalized spacial score (nSPS) is 23.9. The number of aromatic nitrogens is 2. The summed E-state index contributed by atoms with van der Waals surface area (Å²) in [6.45, 7) is 6.89. The van der Waals surface area contributed by atoms with E-state index in [0.29, 0.717) is 0 Å². The van der Waals surface area contributed by atoms with Gasteiger partial charge in [0.1, 0.15) is 6.35 Å². The predicted octanol–water partition coefficient (Wildman–Crippen LogP) is 0.945. The third-order valence-corrected chi connectivity index (χ3v) is 5.36. The first-order valence-electron chi connectivity index (χ1n) is 8.29. The molecule has 2 N–H and O–H groups in total. The Morgan fingerprint density at radius 2 is 1.96 bits per heavy atom. The van der Waals surface area contributed by atoms with Gasteiger partial charge in [0, 0.05) is 12.3 Å². The van der Waals surface area contributed by atoms with E-state index in [1.54, 1.807) is 27.7 Å². The van der Waals surface area contributed by atoms with Crippen molar-refractivity contribution < 1.29 is 28.2 Å². The fourth-order valence-corrected chi connectivity index (χ4v) is 4.38. The van der Waals surface area contributed by atoms with E-state index < -0.39 is 30.9 Å². The molecule has 1 aliphatic heterocycles. The molecule has 26 heavy (non-hydrogen) atoms. The first kappa shape index (κ1) is 21.0. The van der Waals surface area contributed by atoms with Crippen LogP contribution in [0.25, 0.3) is 0 Å². The molecule has 2 atom stereocenters. The van der Waals surface area contributed by atoms with E-state index in [4.69, 9.17) is 18.5 Å². The van der Waals surface area contributed by atoms with Gasteiger partial charge in [-0.3, -0.25) is 14.3 Å². The van der Waals surface area contributed by atoms with Gasteiger partial charge in [0.25, 0.3) is 11.5 Å². The average Bonchev–Trinajstić information content (AvgIpc) is 2.86. The molecule has 2 heterocycles. The van der Waals surface area contributed by atoms with Crippen molar-refractivity contribution in [3.8, 4) is 0 Å². The summed E-state index contributed by atoms with van der Waals surface area (Å²) < 4.78 is 35.2. The third-order valence-electron chi connectivity index (χ3n) is 3.41. The highest BCUT2D eigenvalue weighted by molar-refractivity contribution is 7.53. The van der Waals surface area contributed by atoms with Crippen LogP contribution in [0, 0.1) is 0 Å². The molecular formula is C15H25N2O8P. The van der Waals surface area contributed by atoms with E-state index in [0.717, 1.165) is 16.8 Å². The van der Waals surface area contributed by atoms with E-state index >= 15 is 0 Å². The lowest BCUT2D eigenvalue weighted by molar-refractivity contribution is -0.237. The molecule has 0 spiro atoms. The molecule has 2 rings (SSSR count). The lowest BCUT2D eigenvalue weighted by Gasteiger charge is -2.25. The van der Waals surface area contributed by atoms with Crippen LogP contribution in [-0.4, -0.2) is 45.9 Å². The van der Waals surface area contributed by atoms with Gasteiger partial charge < -0.3 is 23.6 Å². The minimum Gasteiger partial charge on any atom is -0.363 e. The zero-order valence-electron chi connectivity index (χ0n) is 15.2. The van der Waals surface area contributed by atoms with Crippen molar-refractivity contribution in [1.82, 2.24) is 9.55 Å². The molecule has 0 radical (unpaired) electrons. The fourth-order valence-electron chi connectivity index (χ4n) is 2.53. The summed E-state index contributed by atoms with van der Waals surface area (Å²) in [5, 5.41) is 10.5. The molecule has 0 bridgehead atoms. The van der Waals surface area contributed by atoms with Crippen LogP contribution in [0.4, 0.5) is 0 Å². The smallest absolute Gasteiger partial charge is 0.356 e. The first-order valence-corrected chi connectivity index (χ1v) is 10.0. The lowest BCUT2D eigenvalue weighted by Crippen LogP contribution is -2.43. The largest absolute Gasteiger partial charge is 0.363 e. The van der Waals surface area contributed by atoms with Crippen molar-refractivity contribution in [3.05, 3.63) is 33.1 Å². The Morgan fingerprint density at radius 3 is 2.50 bits per heavy atom. The van der Waals surface area contributed by atoms with Crippen molar-refractivity contribution in [3.63, 3.8) is 0 Å². The number of hydrogen-bond acceptors (Lipinski definition) is 8. The van der Waals surface area contributed by atoms with Crippen LogP contribution in [0.1, 0.15) is 34.1 Å². The number of nitrogens with zero attached hydrogens (tertiary/aromatic N) is 1. The Morgan fingerprint density at radius 1 is 1.35 bits per heavy atom. The minimum atomic E-state index is -3.49. The van der Waals surface area contributed by atoms with Crippen LogP contribution in [0.15, 0.2) is 21.9 Å². The number of aromatic amines is 1. The summed E-state index contributed by atoms with van der Waals surface area (Å²) >= 11 is 0. The minimum absolute atomic E-state index is 0.0363. The van der Waals surface area contributed by atoms with E-state index in [2.05, 4.69) is 0 Å². The second-order valence-electron chi connectivity index (χ2n) is 6.58. The Balaban J connectivity index is 2.04. The molecule has 11 heteroatoms. The van der Waals surface area contributed by atoms with Gasteiger partial charge in [-0.25, -0.2) is 9.36 Å². The van der Waals surface area contributed by atoms with Crippen molar-refractivity contribution >= 4 is 7.60 Å². The maximum Gasteiger partial charge on any atom is 0.356 e. The molecule has 1 saturated heterocycles. The maximum absolute atomic E-state index is 12.7. The molecule has 0 unspecified atom stereocenters. The fraction of sp³-hybridized carbons (Fsp3) is 0.733. The van der Waals surface area contributed by atoms with Crippen LogP contribution in [-0.2, 0) is 29.0 Å². The highest BCUT2D eigenvalue weighted by Crippen LogP contribution is 2.51. The van der Waals surface area contributed by atoms with Crippen molar-refractivity contribution in [1.29, 1.82) is 0 Å². The molecule has 0 saturated carbocycles. The van der Waals surface area contributed by atoms with Crippen LogP contribution >= 0.6 is 7.60 Å². The number of rotatable bonds is 8. The molecule has 148 valence electrons. The summed E-state index contributed by atoms with van der Waals surface area (Å²) in [7, 11) is -3.49. The Kier molecular flexibility index (Phi) is 6.60. The molecule has 0 aliphatic carbocycles. The topological polar surface area (TPSA) is 129 Å². The van der Waals surface area contributed by atoms with Gasteiger partial charge >= 0.3 is 13.3 Å². The van der Waals surface area contributed by atoms with E-state index in [1.165, 1.54) is 0 Å². The van der Waals surface area contributed by atoms with Gasteiger partial charge in [0.15, 0.2) is 0 Å². The van der Waals surface area contributed by atoms with Crippen LogP contribution in [0.2, 0.25) is 0 Å². The maximum atomic E-state index is 12.7. The molecule has 10 nitrogen and oxygen atoms in total. The number of ether oxygens (including phenoxy) is 2. The molecule has 0 amide bonds. The van der Waals surface area contributed by atoms with Crippen molar-refractivity contribution in [2.24, 2.45) is 0 Å². The second-order valence-corrected chi connectivity index (χ2v) is 8.48. The molecular weight excluding hydrogens is 367 g/mol. The van der Waals surface area contributed by atoms with E-state index in [-0.39, 0.29) is 31.6 Å². The van der Waals surface area contributed by atoms with E-state index in [1.807, 2.05) is 4.98 Å². The van der Waals surface area contributed by atoms with Gasteiger partial charge in [-0.15, -0.1) is 0 Å². The van der Waals surface area contributed by atoms with Gasteiger partial charge in [-0.05, 0) is 27.7 Å². The number of nitrogens with one attached hydrogen (secondary N) is 1. The standard InChI is InChI=1S/C15H25N2O8P/c1-10(2)24-26(21,25-11(3)4)9-22-12-7-15(20,23-8-12)17-6-5-13(18)16-14(17)19/h5-6,10-12,20H,7-9H2,1-4H3,(H,16,18,19)/t12-,15+/m0/s1. The highest BCUT2D eigenvalue weighted by atomic mass is 31.2. The number of H-pyrrole nitrogens is 1. The zero-order chi connectivity index (χ0) is 19.5. The third kappa shape index (κ3) is 5.35. The average molecular weight is 392 g/mol. The van der Waals surface area contributed by atoms with Gasteiger partial charge in [-0.2, -0.15) is 0 Å². The highest BCUT2D eigenvalue weighted by Gasteiger charge is 2.43. The quantitative estimate of drug-likeness (QED) is 0.626. The van der Waals surface area contributed by atoms with Crippen LogP contribution < -0.4 is 11.2 Å². The van der Waals surface area contributed by atoms with Crippen LogP contribution in [0.5, 0.6) is 0 Å². The zero-order valence-corrected chi connectivity index (χ0v) is 16.1. The molecule has 1 aliphatic rings. The lowest BCUT2D eigenvalue weighted by atomic mass is 10.2. The SMILES string of the molecule is CC(C)OP(=O)(CO[C@@H]1CO[C@@](O)(n2ccc(=O)[nH]c2=O)C1)OC(C)C. The Bertz CT molecular complexity index is 759. The molecule has 1 fully saturated rings. The predicted molar refractivity (Wildman–Crippen MR) is 91.9 cm³/mol. The second kappa shape index (κ2) is 8.16. The molecule has 1 aromatic heterocycles. The number of hydrogen-bond donors (Lipinski definition) is 2. The summed E-state index contributed by atoms with van der Waals surface area (Å²) in [4.78, 5) is 25.0. The van der Waals surface area contributed by atoms with Gasteiger partial charge in [0.2, 0.25) is 0 Å². The van der Waals surface area contributed by atoms with Gasteiger partial charge in [0.05, 0.1) is 31.3 Å². The summed E-state index contributed by atoms with van der Waals surface area (Å²) in [6.07, 6.45) is -0.549. The van der Waals surface area contributed by atoms with Crippen molar-refractivity contribution in [2.75, 3.05) is 13.0 Å². The van der Waals surface area contributed by atoms with Crippen molar-refractivity contribution in [2.45, 2.75) is 58.3 Å². The summed E-state index contributed by atoms with van der Waals surface area (Å²) in [5.74, 6) is -1.96. The molecule has 1 aromatic rings. The summed E-state index contributed by atoms with van der Waals surface area (Å²) in [5.41, 5.74) is -1.39. The Hall–Kier alpha value is -1.29. The summed E-state index contributed by atoms with van der Waals surface area (Å²) in [6, 6.07) is 1.10. The Labute approximate surface area is 150 Å². The number of aliphatic hydroxyl groups is 1.